The second-order valence-corrected chi connectivity index (χ2v) is 4.84. The number of likely N-dealkylation sites (N-methyl/N-ethyl adjacent to an activating group) is 1. The maximum Gasteiger partial charge on any atom is 0.184 e. The molecule has 0 atom stereocenters. The van der Waals surface area contributed by atoms with Crippen LogP contribution in [0.3, 0.4) is 0 Å². The SMILES string of the molecule is CCN(CC)CCn1c(CCl)nc2ccc(F)c(F)c21. The lowest BCUT2D eigenvalue weighted by molar-refractivity contribution is 0.290. The predicted molar refractivity (Wildman–Crippen MR) is 77.0 cm³/mol. The average molecular weight is 302 g/mol. The number of nitrogens with zero attached hydrogens (tertiary/aromatic N) is 3. The summed E-state index contributed by atoms with van der Waals surface area (Å²) >= 11 is 5.87. The van der Waals surface area contributed by atoms with Crippen LogP contribution in [0.2, 0.25) is 0 Å². The Morgan fingerprint density at radius 1 is 1.25 bits per heavy atom. The van der Waals surface area contributed by atoms with E-state index in [0.29, 0.717) is 17.9 Å². The quantitative estimate of drug-likeness (QED) is 0.763. The van der Waals surface area contributed by atoms with Crippen molar-refractivity contribution in [3.63, 3.8) is 0 Å². The van der Waals surface area contributed by atoms with Crippen LogP contribution in [-0.4, -0.2) is 34.1 Å². The van der Waals surface area contributed by atoms with Gasteiger partial charge in [-0.3, -0.25) is 0 Å². The largest absolute Gasteiger partial charge is 0.323 e. The molecule has 0 spiro atoms. The van der Waals surface area contributed by atoms with Crippen LogP contribution < -0.4 is 0 Å². The first-order chi connectivity index (χ1) is 9.62. The van der Waals surface area contributed by atoms with Gasteiger partial charge in [-0.25, -0.2) is 13.8 Å². The summed E-state index contributed by atoms with van der Waals surface area (Å²) in [5.41, 5.74) is 0.645. The number of hydrogen-bond acceptors (Lipinski definition) is 2. The van der Waals surface area contributed by atoms with Crippen LogP contribution in [0.25, 0.3) is 11.0 Å². The van der Waals surface area contributed by atoms with Gasteiger partial charge in [0.25, 0.3) is 0 Å². The van der Waals surface area contributed by atoms with Crippen molar-refractivity contribution in [1.82, 2.24) is 14.5 Å². The van der Waals surface area contributed by atoms with Crippen molar-refractivity contribution in [1.29, 1.82) is 0 Å². The van der Waals surface area contributed by atoms with E-state index in [1.54, 1.807) is 4.57 Å². The molecule has 0 amide bonds. The Kier molecular flexibility index (Phi) is 4.94. The first-order valence-electron chi connectivity index (χ1n) is 6.73. The maximum absolute atomic E-state index is 14.0. The third kappa shape index (κ3) is 2.79. The number of benzene rings is 1. The van der Waals surface area contributed by atoms with Gasteiger partial charge in [-0.15, -0.1) is 11.6 Å². The van der Waals surface area contributed by atoms with Crippen LogP contribution in [0.1, 0.15) is 19.7 Å². The van der Waals surface area contributed by atoms with Crippen molar-refractivity contribution < 1.29 is 8.78 Å². The summed E-state index contributed by atoms with van der Waals surface area (Å²) in [4.78, 5) is 6.48. The molecule has 6 heteroatoms. The molecule has 1 heterocycles. The molecule has 0 bridgehead atoms. The second kappa shape index (κ2) is 6.50. The molecule has 0 saturated heterocycles. The zero-order valence-electron chi connectivity index (χ0n) is 11.7. The van der Waals surface area contributed by atoms with Gasteiger partial charge in [0.2, 0.25) is 0 Å². The highest BCUT2D eigenvalue weighted by Gasteiger charge is 2.17. The number of fused-ring (bicyclic) bond motifs is 1. The van der Waals surface area contributed by atoms with E-state index in [2.05, 4.69) is 23.7 Å². The normalized spacial score (nSPS) is 11.7. The van der Waals surface area contributed by atoms with Crippen LogP contribution in [0, 0.1) is 11.6 Å². The zero-order chi connectivity index (χ0) is 14.7. The summed E-state index contributed by atoms with van der Waals surface area (Å²) in [6.45, 7) is 7.25. The van der Waals surface area contributed by atoms with Crippen molar-refractivity contribution in [2.75, 3.05) is 19.6 Å². The molecule has 0 aliphatic rings. The molecule has 20 heavy (non-hydrogen) atoms. The van der Waals surface area contributed by atoms with E-state index in [1.165, 1.54) is 6.07 Å². The molecule has 0 aliphatic heterocycles. The Labute approximate surface area is 122 Å². The molecule has 2 aromatic rings. The van der Waals surface area contributed by atoms with Gasteiger partial charge in [-0.2, -0.15) is 0 Å². The van der Waals surface area contributed by atoms with Crippen LogP contribution in [0.15, 0.2) is 12.1 Å². The van der Waals surface area contributed by atoms with Crippen LogP contribution >= 0.6 is 11.6 Å². The molecular formula is C14H18ClF2N3. The van der Waals surface area contributed by atoms with Gasteiger partial charge >= 0.3 is 0 Å². The number of hydrogen-bond donors (Lipinski definition) is 0. The van der Waals surface area contributed by atoms with Gasteiger partial charge in [-0.05, 0) is 25.2 Å². The molecule has 0 saturated carbocycles. The molecule has 1 aromatic heterocycles. The fourth-order valence-electron chi connectivity index (χ4n) is 2.33. The number of rotatable bonds is 6. The Balaban J connectivity index is 2.41. The van der Waals surface area contributed by atoms with E-state index < -0.39 is 11.6 Å². The lowest BCUT2D eigenvalue weighted by Gasteiger charge is -2.19. The monoisotopic (exact) mass is 301 g/mol. The van der Waals surface area contributed by atoms with Gasteiger partial charge in [0, 0.05) is 13.1 Å². The third-order valence-electron chi connectivity index (χ3n) is 3.53. The maximum atomic E-state index is 14.0. The average Bonchev–Trinajstić information content (AvgIpc) is 2.82. The first-order valence-corrected chi connectivity index (χ1v) is 7.27. The Morgan fingerprint density at radius 2 is 1.95 bits per heavy atom. The Morgan fingerprint density at radius 3 is 2.55 bits per heavy atom. The fraction of sp³-hybridized carbons (Fsp3) is 0.500. The molecule has 3 nitrogen and oxygen atoms in total. The Hall–Kier alpha value is -1.20. The third-order valence-corrected chi connectivity index (χ3v) is 3.77. The second-order valence-electron chi connectivity index (χ2n) is 4.57. The van der Waals surface area contributed by atoms with Crippen molar-refractivity contribution >= 4 is 22.6 Å². The van der Waals surface area contributed by atoms with Gasteiger partial charge in [0.15, 0.2) is 11.6 Å². The first kappa shape index (κ1) is 15.2. The summed E-state index contributed by atoms with van der Waals surface area (Å²) < 4.78 is 29.1. The van der Waals surface area contributed by atoms with E-state index >= 15 is 0 Å². The summed E-state index contributed by atoms with van der Waals surface area (Å²) in [7, 11) is 0. The highest BCUT2D eigenvalue weighted by Crippen LogP contribution is 2.22. The number of aromatic nitrogens is 2. The summed E-state index contributed by atoms with van der Waals surface area (Å²) in [5.74, 6) is -0.972. The van der Waals surface area contributed by atoms with Gasteiger partial charge < -0.3 is 9.47 Å². The van der Waals surface area contributed by atoms with Gasteiger partial charge in [-0.1, -0.05) is 13.8 Å². The number of imidazole rings is 1. The molecule has 1 aromatic carbocycles. The highest BCUT2D eigenvalue weighted by molar-refractivity contribution is 6.16. The van der Waals surface area contributed by atoms with Crippen molar-refractivity contribution in [2.24, 2.45) is 0 Å². The zero-order valence-corrected chi connectivity index (χ0v) is 12.4. The fourth-order valence-corrected chi connectivity index (χ4v) is 2.53. The molecule has 2 rings (SSSR count). The summed E-state index contributed by atoms with van der Waals surface area (Å²) in [6, 6.07) is 2.58. The van der Waals surface area contributed by atoms with E-state index in [-0.39, 0.29) is 11.4 Å². The minimum absolute atomic E-state index is 0.175. The van der Waals surface area contributed by atoms with E-state index in [1.807, 2.05) is 0 Å². The smallest absolute Gasteiger partial charge is 0.184 e. The summed E-state index contributed by atoms with van der Waals surface area (Å²) in [5, 5.41) is 0. The van der Waals surface area contributed by atoms with Crippen LogP contribution in [-0.2, 0) is 12.4 Å². The number of halogens is 3. The molecule has 0 N–H and O–H groups in total. The topological polar surface area (TPSA) is 21.1 Å². The van der Waals surface area contributed by atoms with Crippen molar-refractivity contribution in [2.45, 2.75) is 26.3 Å². The minimum atomic E-state index is -0.859. The molecule has 0 unspecified atom stereocenters. The summed E-state index contributed by atoms with van der Waals surface area (Å²) in [6.07, 6.45) is 0. The van der Waals surface area contributed by atoms with E-state index in [0.717, 1.165) is 25.7 Å². The number of alkyl halides is 1. The van der Waals surface area contributed by atoms with Crippen molar-refractivity contribution in [3.05, 3.63) is 29.6 Å². The van der Waals surface area contributed by atoms with Gasteiger partial charge in [0.1, 0.15) is 11.3 Å². The standard InChI is InChI=1S/C14H18ClF2N3/c1-3-19(4-2)7-8-20-12(9-15)18-11-6-5-10(16)13(17)14(11)20/h5-6H,3-4,7-9H2,1-2H3. The Bertz CT molecular complexity index is 594. The lowest BCUT2D eigenvalue weighted by atomic mass is 10.3. The molecule has 0 radical (unpaired) electrons. The lowest BCUT2D eigenvalue weighted by Crippen LogP contribution is -2.27. The minimum Gasteiger partial charge on any atom is -0.323 e. The van der Waals surface area contributed by atoms with E-state index in [4.69, 9.17) is 11.6 Å². The van der Waals surface area contributed by atoms with Crippen LogP contribution in [0.4, 0.5) is 8.78 Å². The highest BCUT2D eigenvalue weighted by atomic mass is 35.5. The van der Waals surface area contributed by atoms with Gasteiger partial charge in [0.05, 0.1) is 11.4 Å². The molecule has 0 aliphatic carbocycles. The van der Waals surface area contributed by atoms with Crippen molar-refractivity contribution in [3.8, 4) is 0 Å². The molecule has 0 fully saturated rings. The van der Waals surface area contributed by atoms with E-state index in [9.17, 15) is 8.78 Å². The molecular weight excluding hydrogens is 284 g/mol. The molecule has 110 valence electrons. The van der Waals surface area contributed by atoms with Crippen LogP contribution in [0.5, 0.6) is 0 Å². The predicted octanol–water partition coefficient (Wildman–Crippen LogP) is 3.40.